The number of rotatable bonds is 8. The van der Waals surface area contributed by atoms with Gasteiger partial charge in [-0.3, -0.25) is 4.99 Å². The maximum Gasteiger partial charge on any atom is 0.106 e. The Morgan fingerprint density at radius 1 is 1.00 bits per heavy atom. The molecule has 2 nitrogen and oxygen atoms in total. The van der Waals surface area contributed by atoms with Gasteiger partial charge < -0.3 is 4.90 Å². The van der Waals surface area contributed by atoms with Crippen molar-refractivity contribution in [3.8, 4) is 0 Å². The molecule has 1 saturated heterocycles. The van der Waals surface area contributed by atoms with Gasteiger partial charge in [-0.05, 0) is 31.8 Å². The van der Waals surface area contributed by atoms with Gasteiger partial charge in [0.25, 0.3) is 0 Å². The van der Waals surface area contributed by atoms with Crippen LogP contribution in [-0.2, 0) is 0 Å². The summed E-state index contributed by atoms with van der Waals surface area (Å²) < 4.78 is 0. The van der Waals surface area contributed by atoms with Crippen LogP contribution < -0.4 is 0 Å². The lowest BCUT2D eigenvalue weighted by molar-refractivity contribution is 0.249. The van der Waals surface area contributed by atoms with Crippen LogP contribution >= 0.6 is 0 Å². The van der Waals surface area contributed by atoms with E-state index in [0.717, 1.165) is 0 Å². The molecule has 0 aromatic carbocycles. The molecular formula is C24H40N2. The number of hydrogen-bond acceptors (Lipinski definition) is 2. The molecule has 0 radical (unpaired) electrons. The molecule has 3 unspecified atom stereocenters. The second-order valence-electron chi connectivity index (χ2n) is 10.8. The highest BCUT2D eigenvalue weighted by Gasteiger charge is 2.82. The van der Waals surface area contributed by atoms with E-state index in [2.05, 4.69) is 52.5 Å². The molecule has 4 aliphatic rings. The Labute approximate surface area is 161 Å². The largest absolute Gasteiger partial charge is 0.353 e. The molecular weight excluding hydrogens is 316 g/mol. The molecule has 0 aromatic rings. The van der Waals surface area contributed by atoms with E-state index in [0.29, 0.717) is 17.0 Å². The molecule has 0 N–H and O–H groups in total. The molecule has 1 saturated carbocycles. The molecule has 2 fully saturated rings. The number of nitrogens with zero attached hydrogens (tertiary/aromatic N) is 2. The minimum absolute atomic E-state index is 0.119. The average Bonchev–Trinajstić information content (AvgIpc) is 3.05. The zero-order chi connectivity index (χ0) is 18.8. The van der Waals surface area contributed by atoms with Crippen molar-refractivity contribution in [1.82, 2.24) is 4.90 Å². The summed E-state index contributed by atoms with van der Waals surface area (Å²) in [5, 5.41) is 0. The Bertz CT molecular complexity index is 593. The quantitative estimate of drug-likeness (QED) is 0.453. The second-order valence-corrected chi connectivity index (χ2v) is 10.8. The maximum absolute atomic E-state index is 5.59. The van der Waals surface area contributed by atoms with E-state index in [9.17, 15) is 0 Å². The van der Waals surface area contributed by atoms with Crippen molar-refractivity contribution in [2.75, 3.05) is 0 Å². The summed E-state index contributed by atoms with van der Waals surface area (Å²) in [7, 11) is 0. The number of fused-ring (bicyclic) bond motifs is 1. The van der Waals surface area contributed by atoms with E-state index < -0.39 is 0 Å². The van der Waals surface area contributed by atoms with Crippen LogP contribution in [0.2, 0.25) is 0 Å². The highest BCUT2D eigenvalue weighted by Crippen LogP contribution is 2.72. The Kier molecular flexibility index (Phi) is 4.18. The van der Waals surface area contributed by atoms with Crippen molar-refractivity contribution < 1.29 is 0 Å². The van der Waals surface area contributed by atoms with E-state index in [-0.39, 0.29) is 11.0 Å². The van der Waals surface area contributed by atoms with Gasteiger partial charge in [-0.2, -0.15) is 0 Å². The van der Waals surface area contributed by atoms with Crippen molar-refractivity contribution in [1.29, 1.82) is 0 Å². The van der Waals surface area contributed by atoms with Gasteiger partial charge >= 0.3 is 0 Å². The van der Waals surface area contributed by atoms with Gasteiger partial charge in [0.15, 0.2) is 0 Å². The predicted molar refractivity (Wildman–Crippen MR) is 112 cm³/mol. The molecule has 1 spiro atoms. The van der Waals surface area contributed by atoms with Gasteiger partial charge in [-0.15, -0.1) is 0 Å². The summed E-state index contributed by atoms with van der Waals surface area (Å²) in [6.45, 7) is 14.5. The molecule has 0 aromatic heterocycles. The molecule has 3 aliphatic heterocycles. The second kappa shape index (κ2) is 5.85. The summed E-state index contributed by atoms with van der Waals surface area (Å²) in [5.74, 6) is 0. The van der Waals surface area contributed by atoms with Gasteiger partial charge in [0, 0.05) is 22.2 Å². The lowest BCUT2D eigenvalue weighted by Gasteiger charge is -2.35. The van der Waals surface area contributed by atoms with Crippen LogP contribution in [0.15, 0.2) is 16.8 Å². The third-order valence-corrected chi connectivity index (χ3v) is 8.10. The van der Waals surface area contributed by atoms with Crippen molar-refractivity contribution in [3.05, 3.63) is 11.8 Å². The van der Waals surface area contributed by atoms with Crippen LogP contribution in [0.5, 0.6) is 0 Å². The minimum atomic E-state index is 0.119. The van der Waals surface area contributed by atoms with Gasteiger partial charge in [-0.25, -0.2) is 0 Å². The Balaban J connectivity index is 1.68. The fraction of sp³-hybridized carbons (Fsp3) is 0.875. The van der Waals surface area contributed by atoms with Gasteiger partial charge in [-0.1, -0.05) is 80.1 Å². The number of hydrogen-bond donors (Lipinski definition) is 0. The van der Waals surface area contributed by atoms with Gasteiger partial charge in [0.1, 0.15) is 5.54 Å². The molecule has 26 heavy (non-hydrogen) atoms. The molecule has 4 rings (SSSR count). The van der Waals surface area contributed by atoms with Crippen molar-refractivity contribution in [3.63, 3.8) is 0 Å². The molecule has 0 amide bonds. The third-order valence-electron chi connectivity index (χ3n) is 8.10. The summed E-state index contributed by atoms with van der Waals surface area (Å²) in [6.07, 6.45) is 15.9. The lowest BCUT2D eigenvalue weighted by Crippen LogP contribution is -2.43. The minimum Gasteiger partial charge on any atom is -0.353 e. The van der Waals surface area contributed by atoms with E-state index in [4.69, 9.17) is 4.99 Å². The first-order valence-electron chi connectivity index (χ1n) is 11.4. The van der Waals surface area contributed by atoms with Crippen molar-refractivity contribution in [2.45, 2.75) is 123 Å². The topological polar surface area (TPSA) is 15.4 Å². The molecule has 3 atom stereocenters. The van der Waals surface area contributed by atoms with Crippen LogP contribution in [0.1, 0.15) is 106 Å². The molecule has 1 aliphatic carbocycles. The van der Waals surface area contributed by atoms with Gasteiger partial charge in [0.05, 0.1) is 11.6 Å². The van der Waals surface area contributed by atoms with Crippen LogP contribution in [0.3, 0.4) is 0 Å². The fourth-order valence-electron chi connectivity index (χ4n) is 6.45. The van der Waals surface area contributed by atoms with E-state index in [1.54, 1.807) is 11.4 Å². The fourth-order valence-corrected chi connectivity index (χ4v) is 6.45. The summed E-state index contributed by atoms with van der Waals surface area (Å²) >= 11 is 0. The third kappa shape index (κ3) is 2.26. The zero-order valence-corrected chi connectivity index (χ0v) is 18.1. The first-order valence-corrected chi connectivity index (χ1v) is 11.4. The average molecular weight is 357 g/mol. The highest BCUT2D eigenvalue weighted by atomic mass is 15.5. The van der Waals surface area contributed by atoms with E-state index >= 15 is 0 Å². The van der Waals surface area contributed by atoms with E-state index in [1.165, 1.54) is 64.2 Å². The van der Waals surface area contributed by atoms with Gasteiger partial charge in [0.2, 0.25) is 0 Å². The number of aliphatic imine (C=N–C) groups is 1. The Morgan fingerprint density at radius 3 is 2.23 bits per heavy atom. The van der Waals surface area contributed by atoms with Crippen LogP contribution in [-0.4, -0.2) is 27.7 Å². The monoisotopic (exact) mass is 356 g/mol. The normalized spacial score (nSPS) is 35.2. The number of allylic oxidation sites excluding steroid dienone is 1. The SMILES string of the molecule is CCCCC(C)(C)C1=CC23CCCCC24C(C(C(C)(C)CCCC)=N3)N14. The first-order chi connectivity index (χ1) is 12.3. The molecule has 0 bridgehead atoms. The molecule has 3 heterocycles. The summed E-state index contributed by atoms with van der Waals surface area (Å²) in [4.78, 5) is 8.46. The Hall–Kier alpha value is -0.790. The lowest BCUT2D eigenvalue weighted by atomic mass is 9.70. The standard InChI is InChI=1S/C24H40N2/c1-7-9-13-21(3,4)18-17-23-15-11-12-16-24(23)20(26(18)24)19(25-23)22(5,6)14-10-8-2/h17,20H,7-16H2,1-6H3. The summed E-state index contributed by atoms with van der Waals surface area (Å²) in [5.41, 5.74) is 4.20. The first kappa shape index (κ1) is 18.6. The highest BCUT2D eigenvalue weighted by molar-refractivity contribution is 6.03. The smallest absolute Gasteiger partial charge is 0.106 e. The summed E-state index contributed by atoms with van der Waals surface area (Å²) in [6, 6.07) is 0.621. The Morgan fingerprint density at radius 2 is 1.62 bits per heavy atom. The molecule has 146 valence electrons. The molecule has 2 heteroatoms. The van der Waals surface area contributed by atoms with E-state index in [1.807, 2.05) is 0 Å². The van der Waals surface area contributed by atoms with Crippen LogP contribution in [0.4, 0.5) is 0 Å². The van der Waals surface area contributed by atoms with Crippen molar-refractivity contribution in [2.24, 2.45) is 15.8 Å². The maximum atomic E-state index is 5.59. The van der Waals surface area contributed by atoms with Crippen LogP contribution in [0.25, 0.3) is 0 Å². The number of unbranched alkanes of at least 4 members (excludes halogenated alkanes) is 2. The predicted octanol–water partition coefficient (Wildman–Crippen LogP) is 6.51. The van der Waals surface area contributed by atoms with Crippen molar-refractivity contribution >= 4 is 5.71 Å². The van der Waals surface area contributed by atoms with Crippen LogP contribution in [0, 0.1) is 10.8 Å². The zero-order valence-electron chi connectivity index (χ0n) is 18.1.